The summed E-state index contributed by atoms with van der Waals surface area (Å²) in [6.45, 7) is 1.09. The van der Waals surface area contributed by atoms with Crippen LogP contribution in [0.3, 0.4) is 0 Å². The number of amides is 2. The van der Waals surface area contributed by atoms with Gasteiger partial charge in [0.25, 0.3) is 5.91 Å². The first kappa shape index (κ1) is 15.0. The molecule has 1 aromatic heterocycles. The van der Waals surface area contributed by atoms with Crippen molar-refractivity contribution in [1.82, 2.24) is 15.2 Å². The van der Waals surface area contributed by atoms with Crippen LogP contribution < -0.4 is 5.32 Å². The minimum Gasteiger partial charge on any atom is -0.453 e. The zero-order valence-electron chi connectivity index (χ0n) is 11.8. The summed E-state index contributed by atoms with van der Waals surface area (Å²) in [4.78, 5) is 40.3. The molecule has 21 heavy (non-hydrogen) atoms. The second-order valence-corrected chi connectivity index (χ2v) is 4.71. The van der Waals surface area contributed by atoms with Gasteiger partial charge in [0, 0.05) is 37.7 Å². The normalized spacial score (nSPS) is 14.7. The second-order valence-electron chi connectivity index (χ2n) is 4.71. The smallest absolute Gasteiger partial charge is 0.407 e. The van der Waals surface area contributed by atoms with Gasteiger partial charge in [0.2, 0.25) is 0 Å². The van der Waals surface area contributed by atoms with Crippen molar-refractivity contribution < 1.29 is 19.1 Å². The first-order valence-electron chi connectivity index (χ1n) is 6.68. The van der Waals surface area contributed by atoms with Crippen LogP contribution in [-0.2, 0) is 16.1 Å². The van der Waals surface area contributed by atoms with Gasteiger partial charge in [-0.25, -0.2) is 4.79 Å². The molecule has 1 saturated heterocycles. The van der Waals surface area contributed by atoms with Gasteiger partial charge in [-0.2, -0.15) is 0 Å². The van der Waals surface area contributed by atoms with E-state index < -0.39 is 6.09 Å². The molecule has 112 valence electrons. The Hall–Kier alpha value is -2.44. The average molecular weight is 291 g/mol. The van der Waals surface area contributed by atoms with Crippen molar-refractivity contribution in [3.05, 3.63) is 29.6 Å². The second kappa shape index (κ2) is 6.83. The van der Waals surface area contributed by atoms with E-state index in [0.717, 1.165) is 0 Å². The number of likely N-dealkylation sites (tertiary alicyclic amines) is 1. The number of nitrogens with one attached hydrogen (secondary N) is 1. The zero-order chi connectivity index (χ0) is 15.2. The van der Waals surface area contributed by atoms with Crippen molar-refractivity contribution in [3.63, 3.8) is 0 Å². The fourth-order valence-corrected chi connectivity index (χ4v) is 2.08. The van der Waals surface area contributed by atoms with Crippen molar-refractivity contribution in [1.29, 1.82) is 0 Å². The molecule has 1 aliphatic rings. The molecule has 1 fully saturated rings. The van der Waals surface area contributed by atoms with Crippen LogP contribution >= 0.6 is 0 Å². The molecule has 2 rings (SSSR count). The molecule has 0 unspecified atom stereocenters. The number of rotatable bonds is 3. The molecular weight excluding hydrogens is 274 g/mol. The van der Waals surface area contributed by atoms with E-state index in [9.17, 15) is 14.4 Å². The average Bonchev–Trinajstić information content (AvgIpc) is 2.53. The van der Waals surface area contributed by atoms with Crippen molar-refractivity contribution in [2.45, 2.75) is 19.4 Å². The summed E-state index contributed by atoms with van der Waals surface area (Å²) < 4.78 is 4.47. The van der Waals surface area contributed by atoms with Gasteiger partial charge in [0.1, 0.15) is 5.78 Å². The lowest BCUT2D eigenvalue weighted by Crippen LogP contribution is -2.38. The third kappa shape index (κ3) is 4.01. The predicted molar refractivity (Wildman–Crippen MR) is 73.6 cm³/mol. The topological polar surface area (TPSA) is 88.6 Å². The molecule has 2 heterocycles. The molecule has 7 heteroatoms. The monoisotopic (exact) mass is 291 g/mol. The molecule has 7 nitrogen and oxygen atoms in total. The fourth-order valence-electron chi connectivity index (χ4n) is 2.08. The van der Waals surface area contributed by atoms with Crippen LogP contribution in [-0.4, -0.2) is 47.9 Å². The number of ether oxygens (including phenoxy) is 1. The number of pyridine rings is 1. The maximum atomic E-state index is 12.3. The van der Waals surface area contributed by atoms with Crippen LogP contribution in [0.5, 0.6) is 0 Å². The van der Waals surface area contributed by atoms with E-state index in [1.54, 1.807) is 17.0 Å². The molecule has 2 amide bonds. The highest BCUT2D eigenvalue weighted by Gasteiger charge is 2.22. The number of Topliss-reactive ketones (excluding diaryl/α,β-unsaturated/α-hetero) is 1. The highest BCUT2D eigenvalue weighted by Crippen LogP contribution is 2.12. The van der Waals surface area contributed by atoms with Gasteiger partial charge in [-0.15, -0.1) is 0 Å². The number of ketones is 1. The zero-order valence-corrected chi connectivity index (χ0v) is 11.8. The number of carbonyl (C=O) groups is 3. The molecule has 0 bridgehead atoms. The quantitative estimate of drug-likeness (QED) is 0.887. The summed E-state index contributed by atoms with van der Waals surface area (Å²) in [5.41, 5.74) is 1.07. The lowest BCUT2D eigenvalue weighted by Gasteiger charge is -2.26. The maximum Gasteiger partial charge on any atom is 0.407 e. The number of hydrogen-bond acceptors (Lipinski definition) is 5. The van der Waals surface area contributed by atoms with Gasteiger partial charge in [-0.1, -0.05) is 0 Å². The highest BCUT2D eigenvalue weighted by atomic mass is 16.5. The van der Waals surface area contributed by atoms with Crippen LogP contribution in [0.2, 0.25) is 0 Å². The Labute approximate surface area is 122 Å². The largest absolute Gasteiger partial charge is 0.453 e. The molecule has 0 atom stereocenters. The Morgan fingerprint density at radius 2 is 2.10 bits per heavy atom. The minimum absolute atomic E-state index is 0.121. The first-order chi connectivity index (χ1) is 10.1. The van der Waals surface area contributed by atoms with E-state index in [-0.39, 0.29) is 18.2 Å². The van der Waals surface area contributed by atoms with Crippen molar-refractivity contribution in [2.75, 3.05) is 20.2 Å². The minimum atomic E-state index is -0.553. The fraction of sp³-hybridized carbons (Fsp3) is 0.429. The number of piperidine rings is 1. The molecular formula is C14H17N3O4. The Morgan fingerprint density at radius 1 is 1.38 bits per heavy atom. The molecule has 1 N–H and O–H groups in total. The third-order valence-electron chi connectivity index (χ3n) is 3.27. The number of alkyl carbamates (subject to hydrolysis) is 1. The van der Waals surface area contributed by atoms with Gasteiger partial charge in [0.05, 0.1) is 19.3 Å². The molecule has 0 radical (unpaired) electrons. The van der Waals surface area contributed by atoms with E-state index in [1.807, 2.05) is 0 Å². The Kier molecular flexibility index (Phi) is 4.86. The number of methoxy groups -OCH3 is 1. The first-order valence-corrected chi connectivity index (χ1v) is 6.68. The van der Waals surface area contributed by atoms with Gasteiger partial charge >= 0.3 is 6.09 Å². The van der Waals surface area contributed by atoms with Gasteiger partial charge in [-0.3, -0.25) is 14.6 Å². The predicted octanol–water partition coefficient (Wildman–Crippen LogP) is 0.743. The lowest BCUT2D eigenvalue weighted by atomic mass is 10.1. The van der Waals surface area contributed by atoms with Gasteiger partial charge in [-0.05, 0) is 12.1 Å². The molecule has 0 aromatic carbocycles. The highest BCUT2D eigenvalue weighted by molar-refractivity contribution is 5.95. The van der Waals surface area contributed by atoms with Crippen molar-refractivity contribution in [3.8, 4) is 0 Å². The van der Waals surface area contributed by atoms with Crippen LogP contribution in [0.15, 0.2) is 18.3 Å². The molecule has 0 aliphatic carbocycles. The van der Waals surface area contributed by atoms with E-state index >= 15 is 0 Å². The van der Waals surface area contributed by atoms with Crippen molar-refractivity contribution in [2.24, 2.45) is 0 Å². The number of nitrogens with zero attached hydrogens (tertiary/aromatic N) is 2. The molecule has 0 saturated carbocycles. The van der Waals surface area contributed by atoms with E-state index in [4.69, 9.17) is 0 Å². The Bertz CT molecular complexity index is 549. The third-order valence-corrected chi connectivity index (χ3v) is 3.27. The summed E-state index contributed by atoms with van der Waals surface area (Å²) in [7, 11) is 1.28. The molecule has 0 spiro atoms. The Balaban J connectivity index is 2.01. The molecule has 1 aliphatic heterocycles. The summed E-state index contributed by atoms with van der Waals surface area (Å²) in [6.07, 6.45) is 1.79. The van der Waals surface area contributed by atoms with Crippen molar-refractivity contribution >= 4 is 17.8 Å². The Morgan fingerprint density at radius 3 is 2.76 bits per heavy atom. The maximum absolute atomic E-state index is 12.3. The van der Waals surface area contributed by atoms with E-state index in [1.165, 1.54) is 13.3 Å². The summed E-state index contributed by atoms with van der Waals surface area (Å²) >= 11 is 0. The summed E-state index contributed by atoms with van der Waals surface area (Å²) in [6, 6.07) is 3.26. The van der Waals surface area contributed by atoms with Crippen LogP contribution in [0.1, 0.15) is 28.9 Å². The van der Waals surface area contributed by atoms with Crippen LogP contribution in [0, 0.1) is 0 Å². The summed E-state index contributed by atoms with van der Waals surface area (Å²) in [5.74, 6) is 0.0703. The molecule has 1 aromatic rings. The van der Waals surface area contributed by atoms with Crippen LogP contribution in [0.4, 0.5) is 4.79 Å². The number of carbonyl (C=O) groups excluding carboxylic acids is 3. The standard InChI is InChI=1S/C14H17N3O4/c1-21-14(20)16-9-11-8-10(2-5-15-11)13(19)17-6-3-12(18)4-7-17/h2,5,8H,3-4,6-7,9H2,1H3,(H,16,20). The van der Waals surface area contributed by atoms with E-state index in [0.29, 0.717) is 37.2 Å². The lowest BCUT2D eigenvalue weighted by molar-refractivity contribution is -0.120. The van der Waals surface area contributed by atoms with E-state index in [2.05, 4.69) is 15.0 Å². The van der Waals surface area contributed by atoms with Gasteiger partial charge in [0.15, 0.2) is 0 Å². The number of aromatic nitrogens is 1. The number of hydrogen-bond donors (Lipinski definition) is 1. The van der Waals surface area contributed by atoms with Gasteiger partial charge < -0.3 is 15.0 Å². The summed E-state index contributed by atoms with van der Waals surface area (Å²) in [5, 5.41) is 2.51. The van der Waals surface area contributed by atoms with Crippen LogP contribution in [0.25, 0.3) is 0 Å². The SMILES string of the molecule is COC(=O)NCc1cc(C(=O)N2CCC(=O)CC2)ccn1.